The first kappa shape index (κ1) is 8.67. The first-order valence-corrected chi connectivity index (χ1v) is 4.16. The highest BCUT2D eigenvalue weighted by Gasteiger charge is 2.09. The van der Waals surface area contributed by atoms with Crippen molar-refractivity contribution in [2.75, 3.05) is 0 Å². The maximum atomic E-state index is 11.2. The van der Waals surface area contributed by atoms with E-state index in [1.165, 1.54) is 0 Å². The molecule has 0 amide bonds. The second kappa shape index (κ2) is 3.44. The molecule has 0 fully saturated rings. The summed E-state index contributed by atoms with van der Waals surface area (Å²) in [6.45, 7) is 1.74. The van der Waals surface area contributed by atoms with Crippen LogP contribution in [0.3, 0.4) is 0 Å². The van der Waals surface area contributed by atoms with Gasteiger partial charge in [-0.05, 0) is 13.3 Å². The molecule has 2 N–H and O–H groups in total. The molecule has 0 spiro atoms. The van der Waals surface area contributed by atoms with E-state index in [4.69, 9.17) is 4.52 Å². The zero-order valence-corrected chi connectivity index (χ0v) is 7.57. The second-order valence-electron chi connectivity index (χ2n) is 2.90. The van der Waals surface area contributed by atoms with Gasteiger partial charge in [0, 0.05) is 6.42 Å². The van der Waals surface area contributed by atoms with E-state index in [1.54, 1.807) is 6.92 Å². The number of nitrogens with one attached hydrogen (secondary N) is 2. The first-order chi connectivity index (χ1) is 6.77. The normalized spacial score (nSPS) is 10.6. The molecule has 0 aliphatic rings. The minimum atomic E-state index is -0.189. The SMILES string of the molecule is Cc1o[nH]c(=O)c1CCc1nn[nH]n1. The molecule has 74 valence electrons. The van der Waals surface area contributed by atoms with Crippen molar-refractivity contribution in [2.24, 2.45) is 0 Å². The van der Waals surface area contributed by atoms with Crippen molar-refractivity contribution in [1.82, 2.24) is 25.8 Å². The molecule has 0 aromatic carbocycles. The van der Waals surface area contributed by atoms with Crippen molar-refractivity contribution in [3.8, 4) is 0 Å². The molecule has 2 aromatic rings. The molecular formula is C7H9N5O2. The van der Waals surface area contributed by atoms with Crippen molar-refractivity contribution in [2.45, 2.75) is 19.8 Å². The number of aromatic nitrogens is 5. The van der Waals surface area contributed by atoms with Crippen LogP contribution in [0.25, 0.3) is 0 Å². The summed E-state index contributed by atoms with van der Waals surface area (Å²) in [5, 5.41) is 15.6. The van der Waals surface area contributed by atoms with E-state index in [1.807, 2.05) is 0 Å². The Morgan fingerprint density at radius 2 is 2.29 bits per heavy atom. The van der Waals surface area contributed by atoms with Crippen LogP contribution in [0.5, 0.6) is 0 Å². The van der Waals surface area contributed by atoms with Crippen molar-refractivity contribution in [3.05, 3.63) is 27.5 Å². The highest BCUT2D eigenvalue weighted by atomic mass is 16.5. The molecule has 7 nitrogen and oxygen atoms in total. The van der Waals surface area contributed by atoms with Gasteiger partial charge in [-0.2, -0.15) is 10.4 Å². The Morgan fingerprint density at radius 3 is 2.86 bits per heavy atom. The number of nitrogens with zero attached hydrogens (tertiary/aromatic N) is 3. The maximum Gasteiger partial charge on any atom is 0.283 e. The van der Waals surface area contributed by atoms with Crippen LogP contribution in [0, 0.1) is 6.92 Å². The summed E-state index contributed by atoms with van der Waals surface area (Å²) >= 11 is 0. The van der Waals surface area contributed by atoms with Crippen molar-refractivity contribution < 1.29 is 4.52 Å². The number of hydrogen-bond acceptors (Lipinski definition) is 5. The molecule has 0 atom stereocenters. The third-order valence-electron chi connectivity index (χ3n) is 1.98. The van der Waals surface area contributed by atoms with Crippen LogP contribution in [0.1, 0.15) is 17.1 Å². The molecule has 0 bridgehead atoms. The monoisotopic (exact) mass is 195 g/mol. The topological polar surface area (TPSA) is 100 Å². The van der Waals surface area contributed by atoms with Crippen molar-refractivity contribution in [3.63, 3.8) is 0 Å². The van der Waals surface area contributed by atoms with Gasteiger partial charge < -0.3 is 4.52 Å². The number of tetrazole rings is 1. The van der Waals surface area contributed by atoms with Crippen molar-refractivity contribution >= 4 is 0 Å². The lowest BCUT2D eigenvalue weighted by Gasteiger charge is -1.91. The Kier molecular flexibility index (Phi) is 2.13. The van der Waals surface area contributed by atoms with E-state index in [9.17, 15) is 4.79 Å². The minimum absolute atomic E-state index is 0.189. The third-order valence-corrected chi connectivity index (χ3v) is 1.98. The number of aryl methyl sites for hydroxylation is 2. The van der Waals surface area contributed by atoms with E-state index in [0.29, 0.717) is 30.0 Å². The van der Waals surface area contributed by atoms with Crippen LogP contribution in [0.2, 0.25) is 0 Å². The summed E-state index contributed by atoms with van der Waals surface area (Å²) in [5.74, 6) is 1.20. The number of hydrogen-bond donors (Lipinski definition) is 2. The van der Waals surface area contributed by atoms with Gasteiger partial charge in [-0.25, -0.2) is 0 Å². The fraction of sp³-hybridized carbons (Fsp3) is 0.429. The number of rotatable bonds is 3. The summed E-state index contributed by atoms with van der Waals surface area (Å²) < 4.78 is 4.86. The fourth-order valence-electron chi connectivity index (χ4n) is 1.22. The number of H-pyrrole nitrogens is 2. The average molecular weight is 195 g/mol. The minimum Gasteiger partial charge on any atom is -0.384 e. The van der Waals surface area contributed by atoms with Crippen LogP contribution in [-0.4, -0.2) is 25.8 Å². The van der Waals surface area contributed by atoms with Crippen molar-refractivity contribution in [1.29, 1.82) is 0 Å². The second-order valence-corrected chi connectivity index (χ2v) is 2.90. The largest absolute Gasteiger partial charge is 0.384 e. The van der Waals surface area contributed by atoms with Crippen LogP contribution in [-0.2, 0) is 12.8 Å². The van der Waals surface area contributed by atoms with E-state index >= 15 is 0 Å². The Labute approximate surface area is 78.5 Å². The number of aromatic amines is 2. The predicted octanol–water partition coefficient (Wildman–Crippen LogP) is -0.425. The molecule has 0 aliphatic heterocycles. The fourth-order valence-corrected chi connectivity index (χ4v) is 1.22. The lowest BCUT2D eigenvalue weighted by atomic mass is 10.1. The Hall–Kier alpha value is -1.92. The Bertz CT molecular complexity index is 455. The molecule has 0 saturated heterocycles. The molecule has 7 heteroatoms. The van der Waals surface area contributed by atoms with Gasteiger partial charge in [-0.3, -0.25) is 4.79 Å². The zero-order valence-electron chi connectivity index (χ0n) is 7.57. The quantitative estimate of drug-likeness (QED) is 0.692. The summed E-state index contributed by atoms with van der Waals surface area (Å²) in [4.78, 5) is 11.2. The van der Waals surface area contributed by atoms with Crippen LogP contribution >= 0.6 is 0 Å². The molecule has 0 unspecified atom stereocenters. The predicted molar refractivity (Wildman–Crippen MR) is 45.7 cm³/mol. The van der Waals surface area contributed by atoms with Crippen LogP contribution in [0.15, 0.2) is 9.32 Å². The van der Waals surface area contributed by atoms with E-state index in [-0.39, 0.29) is 5.56 Å². The molecule has 2 heterocycles. The highest BCUT2D eigenvalue weighted by Crippen LogP contribution is 2.03. The van der Waals surface area contributed by atoms with Gasteiger partial charge in [0.05, 0.1) is 5.56 Å². The summed E-state index contributed by atoms with van der Waals surface area (Å²) in [5.41, 5.74) is 0.445. The van der Waals surface area contributed by atoms with Crippen LogP contribution < -0.4 is 5.56 Å². The molecule has 0 saturated carbocycles. The van der Waals surface area contributed by atoms with E-state index in [2.05, 4.69) is 25.8 Å². The molecule has 2 aromatic heterocycles. The van der Waals surface area contributed by atoms with Gasteiger partial charge in [0.25, 0.3) is 5.56 Å². The van der Waals surface area contributed by atoms with E-state index < -0.39 is 0 Å². The molecular weight excluding hydrogens is 186 g/mol. The molecule has 2 rings (SSSR count). The summed E-state index contributed by atoms with van der Waals surface area (Å²) in [7, 11) is 0. The van der Waals surface area contributed by atoms with Gasteiger partial charge >= 0.3 is 0 Å². The zero-order chi connectivity index (χ0) is 9.97. The van der Waals surface area contributed by atoms with E-state index in [0.717, 1.165) is 0 Å². The molecule has 0 radical (unpaired) electrons. The lowest BCUT2D eigenvalue weighted by Crippen LogP contribution is -2.08. The lowest BCUT2D eigenvalue weighted by molar-refractivity contribution is 0.391. The highest BCUT2D eigenvalue weighted by molar-refractivity contribution is 5.12. The summed E-state index contributed by atoms with van der Waals surface area (Å²) in [6, 6.07) is 0. The first-order valence-electron chi connectivity index (χ1n) is 4.16. The van der Waals surface area contributed by atoms with Gasteiger partial charge in [0.2, 0.25) is 0 Å². The maximum absolute atomic E-state index is 11.2. The molecule has 0 aliphatic carbocycles. The standard InChI is InChI=1S/C7H9N5O2/c1-4-5(7(13)10-14-4)2-3-6-8-11-12-9-6/h2-3H2,1H3,(H,10,13)(H,8,9,11,12). The smallest absolute Gasteiger partial charge is 0.283 e. The average Bonchev–Trinajstić information content (AvgIpc) is 2.76. The Morgan fingerprint density at radius 1 is 1.43 bits per heavy atom. The van der Waals surface area contributed by atoms with Gasteiger partial charge in [0.1, 0.15) is 5.76 Å². The summed E-state index contributed by atoms with van der Waals surface area (Å²) in [6.07, 6.45) is 1.12. The Balaban J connectivity index is 2.09. The third kappa shape index (κ3) is 1.56. The van der Waals surface area contributed by atoms with Gasteiger partial charge in [-0.1, -0.05) is 5.21 Å². The molecule has 14 heavy (non-hydrogen) atoms. The van der Waals surface area contributed by atoms with Gasteiger partial charge in [0.15, 0.2) is 5.82 Å². The van der Waals surface area contributed by atoms with Crippen LogP contribution in [0.4, 0.5) is 0 Å². The van der Waals surface area contributed by atoms with Gasteiger partial charge in [-0.15, -0.1) is 10.2 Å².